The Morgan fingerprint density at radius 1 is 1.03 bits per heavy atom. The zero-order valence-electron chi connectivity index (χ0n) is 20.1. The first-order valence-corrected chi connectivity index (χ1v) is 12.6. The molecule has 2 aliphatic rings. The first-order valence-electron chi connectivity index (χ1n) is 12.2. The Morgan fingerprint density at radius 3 is 2.65 bits per heavy atom. The van der Waals surface area contributed by atoms with Crippen molar-refractivity contribution in [3.8, 4) is 11.1 Å². The van der Waals surface area contributed by atoms with Gasteiger partial charge in [0.05, 0.1) is 25.2 Å². The van der Waals surface area contributed by atoms with Crippen LogP contribution in [0.2, 0.25) is 5.02 Å². The van der Waals surface area contributed by atoms with Gasteiger partial charge in [0.1, 0.15) is 0 Å². The molecule has 2 aromatic carbocycles. The number of hydrogen-bond donors (Lipinski definition) is 1. The number of hydrogen-bond acceptors (Lipinski definition) is 6. The normalized spacial score (nSPS) is 15.3. The second-order valence-electron chi connectivity index (χ2n) is 9.15. The highest BCUT2D eigenvalue weighted by atomic mass is 35.5. The van der Waals surface area contributed by atoms with E-state index < -0.39 is 0 Å². The number of anilines is 1. The molecule has 1 amide bonds. The van der Waals surface area contributed by atoms with Crippen molar-refractivity contribution in [2.75, 3.05) is 31.6 Å². The number of nitrogens with zero attached hydrogens (tertiary/aromatic N) is 3. The minimum absolute atomic E-state index is 0.243. The number of nitrogens with one attached hydrogen (secondary N) is 1. The van der Waals surface area contributed by atoms with Gasteiger partial charge in [-0.25, -0.2) is 9.98 Å². The van der Waals surface area contributed by atoms with Gasteiger partial charge in [0.15, 0.2) is 11.6 Å². The lowest BCUT2D eigenvalue weighted by Crippen LogP contribution is -2.35. The zero-order chi connectivity index (χ0) is 25.2. The number of aliphatic imine (C=N–C) groups is 1. The quantitative estimate of drug-likeness (QED) is 0.355. The minimum atomic E-state index is -0.322. The lowest BCUT2D eigenvalue weighted by molar-refractivity contribution is 0.0342. The van der Waals surface area contributed by atoms with Crippen LogP contribution in [0.5, 0.6) is 0 Å². The number of morpholine rings is 1. The molecule has 0 saturated carbocycles. The summed E-state index contributed by atoms with van der Waals surface area (Å²) in [5.74, 6) is 0.619. The average Bonchev–Trinajstić information content (AvgIpc) is 3.61. The molecule has 1 saturated heterocycles. The van der Waals surface area contributed by atoms with Crippen molar-refractivity contribution in [1.29, 1.82) is 0 Å². The molecule has 2 aromatic heterocycles. The molecule has 0 bridgehead atoms. The number of rotatable bonds is 6. The third kappa shape index (κ3) is 5.20. The number of ether oxygens (including phenoxy) is 1. The van der Waals surface area contributed by atoms with Crippen LogP contribution in [0.1, 0.15) is 27.2 Å². The van der Waals surface area contributed by atoms with Crippen LogP contribution in [-0.2, 0) is 17.7 Å². The van der Waals surface area contributed by atoms with Crippen molar-refractivity contribution < 1.29 is 13.9 Å². The molecule has 0 radical (unpaired) electrons. The van der Waals surface area contributed by atoms with Crippen molar-refractivity contribution in [2.45, 2.75) is 13.0 Å². The van der Waals surface area contributed by atoms with Gasteiger partial charge in [-0.05, 0) is 47.5 Å². The van der Waals surface area contributed by atoms with Gasteiger partial charge in [-0.15, -0.1) is 0 Å². The molecule has 1 fully saturated rings. The Bertz CT molecular complexity index is 1460. The molecule has 6 rings (SSSR count). The first-order chi connectivity index (χ1) is 18.1. The Balaban J connectivity index is 1.16. The maximum absolute atomic E-state index is 12.4. The second-order valence-corrected chi connectivity index (χ2v) is 9.56. The smallest absolute Gasteiger partial charge is 0.291 e. The van der Waals surface area contributed by atoms with Gasteiger partial charge >= 0.3 is 0 Å². The van der Waals surface area contributed by atoms with Crippen LogP contribution in [0.4, 0.5) is 11.5 Å². The average molecular weight is 513 g/mol. The fourth-order valence-corrected chi connectivity index (χ4v) is 4.87. The highest BCUT2D eigenvalue weighted by Crippen LogP contribution is 2.33. The van der Waals surface area contributed by atoms with Crippen molar-refractivity contribution in [1.82, 2.24) is 9.88 Å². The second kappa shape index (κ2) is 10.3. The largest absolute Gasteiger partial charge is 0.459 e. The molecule has 0 aliphatic carbocycles. The molecular weight excluding hydrogens is 488 g/mol. The number of amides is 1. The van der Waals surface area contributed by atoms with Crippen LogP contribution in [0.3, 0.4) is 0 Å². The number of halogens is 1. The summed E-state index contributed by atoms with van der Waals surface area (Å²) in [5.41, 5.74) is 6.72. The van der Waals surface area contributed by atoms with E-state index in [4.69, 9.17) is 25.7 Å². The maximum atomic E-state index is 12.4. The van der Waals surface area contributed by atoms with Gasteiger partial charge in [0, 0.05) is 59.7 Å². The fourth-order valence-electron chi connectivity index (χ4n) is 4.64. The molecule has 8 heteroatoms. The van der Waals surface area contributed by atoms with Crippen LogP contribution >= 0.6 is 11.6 Å². The summed E-state index contributed by atoms with van der Waals surface area (Å²) in [7, 11) is 0. The SMILES string of the molecule is O=C(Nc1ccc(Cl)c(C2=Nc3ncc(-c4ccc(CN5CCOCC5)cc4)cc3C2)c1)c1ccco1. The molecule has 2 aliphatic heterocycles. The Kier molecular flexibility index (Phi) is 6.57. The third-order valence-corrected chi connectivity index (χ3v) is 6.95. The summed E-state index contributed by atoms with van der Waals surface area (Å²) in [4.78, 5) is 24.2. The van der Waals surface area contributed by atoms with Crippen LogP contribution in [0.25, 0.3) is 11.1 Å². The zero-order valence-corrected chi connectivity index (χ0v) is 20.9. The summed E-state index contributed by atoms with van der Waals surface area (Å²) < 4.78 is 10.6. The molecule has 7 nitrogen and oxygen atoms in total. The van der Waals surface area contributed by atoms with E-state index >= 15 is 0 Å². The van der Waals surface area contributed by atoms with Gasteiger partial charge < -0.3 is 14.5 Å². The number of benzene rings is 2. The van der Waals surface area contributed by atoms with Gasteiger partial charge in [0.2, 0.25) is 0 Å². The summed E-state index contributed by atoms with van der Waals surface area (Å²) in [5, 5.41) is 3.41. The molecule has 37 heavy (non-hydrogen) atoms. The number of pyridine rings is 1. The Morgan fingerprint density at radius 2 is 1.86 bits per heavy atom. The molecule has 0 spiro atoms. The van der Waals surface area contributed by atoms with Crippen LogP contribution in [0.15, 0.2) is 82.5 Å². The number of fused-ring (bicyclic) bond motifs is 1. The number of carbonyl (C=O) groups is 1. The highest BCUT2D eigenvalue weighted by Gasteiger charge is 2.21. The number of carbonyl (C=O) groups excluding carboxylic acids is 1. The Hall–Kier alpha value is -3.78. The molecule has 0 atom stereocenters. The van der Waals surface area contributed by atoms with Crippen molar-refractivity contribution in [2.24, 2.45) is 4.99 Å². The van der Waals surface area contributed by atoms with Crippen molar-refractivity contribution >= 4 is 34.7 Å². The van der Waals surface area contributed by atoms with Gasteiger partial charge in [-0.2, -0.15) is 0 Å². The van der Waals surface area contributed by atoms with Gasteiger partial charge in [0.25, 0.3) is 5.91 Å². The summed E-state index contributed by atoms with van der Waals surface area (Å²) in [6.07, 6.45) is 3.94. The van der Waals surface area contributed by atoms with E-state index in [-0.39, 0.29) is 11.7 Å². The monoisotopic (exact) mass is 512 g/mol. The van der Waals surface area contributed by atoms with Gasteiger partial charge in [-0.1, -0.05) is 35.9 Å². The summed E-state index contributed by atoms with van der Waals surface area (Å²) >= 11 is 6.52. The van der Waals surface area contributed by atoms with Crippen LogP contribution in [-0.4, -0.2) is 47.8 Å². The maximum Gasteiger partial charge on any atom is 0.291 e. The van der Waals surface area contributed by atoms with E-state index in [9.17, 15) is 4.79 Å². The molecular formula is C29H25ClN4O3. The van der Waals surface area contributed by atoms with E-state index in [1.165, 1.54) is 11.8 Å². The first kappa shape index (κ1) is 23.6. The van der Waals surface area contributed by atoms with Crippen LogP contribution < -0.4 is 5.32 Å². The standard InChI is InChI=1S/C29H25ClN4O3/c30-25-8-7-23(32-29(35)27-2-1-11-37-27)16-24(25)26-15-21-14-22(17-31-28(21)33-26)20-5-3-19(4-6-20)18-34-9-12-36-13-10-34/h1-8,11,14,16-17H,9-10,12-13,15,18H2,(H,32,35). The summed E-state index contributed by atoms with van der Waals surface area (Å²) in [6, 6.07) is 19.5. The van der Waals surface area contributed by atoms with Crippen molar-refractivity contribution in [3.05, 3.63) is 101 Å². The molecule has 1 N–H and O–H groups in total. The van der Waals surface area contributed by atoms with E-state index in [0.29, 0.717) is 22.9 Å². The topological polar surface area (TPSA) is 80.0 Å². The predicted octanol–water partition coefficient (Wildman–Crippen LogP) is 5.76. The van der Waals surface area contributed by atoms with E-state index in [1.807, 2.05) is 12.3 Å². The predicted molar refractivity (Wildman–Crippen MR) is 144 cm³/mol. The minimum Gasteiger partial charge on any atom is -0.459 e. The molecule has 4 aromatic rings. The van der Waals surface area contributed by atoms with E-state index in [1.54, 1.807) is 24.3 Å². The third-order valence-electron chi connectivity index (χ3n) is 6.62. The summed E-state index contributed by atoms with van der Waals surface area (Å²) in [6.45, 7) is 4.49. The van der Waals surface area contributed by atoms with E-state index in [2.05, 4.69) is 45.5 Å². The lowest BCUT2D eigenvalue weighted by atomic mass is 10.0. The van der Waals surface area contributed by atoms with Gasteiger partial charge in [-0.3, -0.25) is 9.69 Å². The number of aromatic nitrogens is 1. The fraction of sp³-hybridized carbons (Fsp3) is 0.207. The molecule has 186 valence electrons. The van der Waals surface area contributed by atoms with E-state index in [0.717, 1.165) is 60.8 Å². The molecule has 4 heterocycles. The van der Waals surface area contributed by atoms with Crippen molar-refractivity contribution in [3.63, 3.8) is 0 Å². The Labute approximate surface area is 219 Å². The lowest BCUT2D eigenvalue weighted by Gasteiger charge is -2.26. The van der Waals surface area contributed by atoms with Crippen LogP contribution in [0, 0.1) is 0 Å². The number of furan rings is 1. The molecule has 0 unspecified atom stereocenters. The highest BCUT2D eigenvalue weighted by molar-refractivity contribution is 6.34.